The molecule has 2 rings (SSSR count). The number of nitrogens with one attached hydrogen (secondary N) is 1. The smallest absolute Gasteiger partial charge is 0.198 e. The number of nitrogens with zero attached hydrogens (tertiary/aromatic N) is 1. The van der Waals surface area contributed by atoms with Gasteiger partial charge in [-0.3, -0.25) is 0 Å². The number of hydrogen-bond acceptors (Lipinski definition) is 2. The Morgan fingerprint density at radius 1 is 1.46 bits per heavy atom. The van der Waals surface area contributed by atoms with E-state index in [0.29, 0.717) is 5.95 Å². The number of H-pyrrole nitrogens is 1. The summed E-state index contributed by atoms with van der Waals surface area (Å²) in [4.78, 5) is 7.11. The van der Waals surface area contributed by atoms with Crippen LogP contribution < -0.4 is 5.73 Å². The van der Waals surface area contributed by atoms with Crippen LogP contribution in [0.25, 0.3) is 11.0 Å². The first-order valence-corrected chi connectivity index (χ1v) is 4.03. The third-order valence-electron chi connectivity index (χ3n) is 1.97. The summed E-state index contributed by atoms with van der Waals surface area (Å²) < 4.78 is 0. The van der Waals surface area contributed by atoms with Crippen LogP contribution in [0.15, 0.2) is 18.2 Å². The van der Waals surface area contributed by atoms with E-state index < -0.39 is 0 Å². The van der Waals surface area contributed by atoms with Gasteiger partial charge in [0.1, 0.15) is 0 Å². The van der Waals surface area contributed by atoms with Crippen LogP contribution in [0, 0.1) is 0 Å². The molecule has 0 saturated heterocycles. The molecule has 13 heavy (non-hydrogen) atoms. The van der Waals surface area contributed by atoms with Gasteiger partial charge >= 0.3 is 0 Å². The van der Waals surface area contributed by atoms with Crippen molar-refractivity contribution < 1.29 is 0 Å². The van der Waals surface area contributed by atoms with Gasteiger partial charge in [-0.15, -0.1) is 0 Å². The van der Waals surface area contributed by atoms with Crippen molar-refractivity contribution in [3.8, 4) is 0 Å². The zero-order chi connectivity index (χ0) is 8.55. The van der Waals surface area contributed by atoms with Gasteiger partial charge < -0.3 is 10.7 Å². The Hall–Kier alpha value is -1.51. The molecule has 1 heterocycles. The summed E-state index contributed by atoms with van der Waals surface area (Å²) >= 11 is 0. The fourth-order valence-corrected chi connectivity index (χ4v) is 1.30. The van der Waals surface area contributed by atoms with E-state index >= 15 is 0 Å². The number of aromatic amines is 1. The topological polar surface area (TPSA) is 54.7 Å². The lowest BCUT2D eigenvalue weighted by Crippen LogP contribution is -1.84. The number of benzene rings is 1. The second-order valence-electron chi connectivity index (χ2n) is 2.83. The number of aryl methyl sites for hydroxylation is 1. The van der Waals surface area contributed by atoms with Gasteiger partial charge in [-0.05, 0) is 24.1 Å². The van der Waals surface area contributed by atoms with Gasteiger partial charge in [0.15, 0.2) is 5.95 Å². The average molecular weight is 177 g/mol. The Balaban J connectivity index is 0.000000845. The highest BCUT2D eigenvalue weighted by Gasteiger charge is 1.98. The summed E-state index contributed by atoms with van der Waals surface area (Å²) in [6.45, 7) is 2.13. The lowest BCUT2D eigenvalue weighted by Gasteiger charge is -1.93. The molecule has 0 aliphatic heterocycles. The molecule has 0 fully saturated rings. The van der Waals surface area contributed by atoms with Crippen molar-refractivity contribution in [2.24, 2.45) is 0 Å². The van der Waals surface area contributed by atoms with E-state index in [-0.39, 0.29) is 7.43 Å². The Labute approximate surface area is 78.0 Å². The zero-order valence-electron chi connectivity index (χ0n) is 6.96. The molecule has 3 N–H and O–H groups in total. The standard InChI is InChI=1S/C9H11N3.CH4/c1-2-6-3-4-7-8(5-6)12-9(10)11-7;/h3-5H,2H2,1H3,(H3,10,11,12);1H4. The van der Waals surface area contributed by atoms with Crippen molar-refractivity contribution in [2.75, 3.05) is 5.73 Å². The molecule has 0 aliphatic carbocycles. The van der Waals surface area contributed by atoms with Gasteiger partial charge in [0.2, 0.25) is 0 Å². The first kappa shape index (κ1) is 9.58. The van der Waals surface area contributed by atoms with Crippen LogP contribution in [0.3, 0.4) is 0 Å². The molecule has 1 aromatic carbocycles. The quantitative estimate of drug-likeness (QED) is 0.702. The second kappa shape index (κ2) is 3.47. The minimum atomic E-state index is 0. The maximum absolute atomic E-state index is 5.52. The van der Waals surface area contributed by atoms with Crippen LogP contribution in [-0.4, -0.2) is 9.97 Å². The number of anilines is 1. The van der Waals surface area contributed by atoms with E-state index in [1.165, 1.54) is 5.56 Å². The molecule has 70 valence electrons. The number of rotatable bonds is 1. The number of imidazole rings is 1. The van der Waals surface area contributed by atoms with Gasteiger partial charge in [-0.1, -0.05) is 20.4 Å². The Morgan fingerprint density at radius 2 is 2.23 bits per heavy atom. The van der Waals surface area contributed by atoms with Crippen LogP contribution in [0.5, 0.6) is 0 Å². The third kappa shape index (κ3) is 1.64. The lowest BCUT2D eigenvalue weighted by atomic mass is 10.1. The highest BCUT2D eigenvalue weighted by atomic mass is 15.0. The Kier molecular flexibility index (Phi) is 2.56. The van der Waals surface area contributed by atoms with E-state index in [2.05, 4.69) is 29.0 Å². The van der Waals surface area contributed by atoms with E-state index in [9.17, 15) is 0 Å². The Morgan fingerprint density at radius 3 is 2.92 bits per heavy atom. The first-order valence-electron chi connectivity index (χ1n) is 4.03. The summed E-state index contributed by atoms with van der Waals surface area (Å²) in [7, 11) is 0. The molecule has 2 aromatic rings. The monoisotopic (exact) mass is 177 g/mol. The third-order valence-corrected chi connectivity index (χ3v) is 1.97. The van der Waals surface area contributed by atoms with Crippen LogP contribution >= 0.6 is 0 Å². The maximum atomic E-state index is 5.52. The van der Waals surface area contributed by atoms with Crippen molar-refractivity contribution in [1.29, 1.82) is 0 Å². The maximum Gasteiger partial charge on any atom is 0.198 e. The minimum absolute atomic E-state index is 0. The normalized spacial score (nSPS) is 9.92. The molecule has 3 nitrogen and oxygen atoms in total. The molecule has 0 unspecified atom stereocenters. The molecular formula is C10H15N3. The van der Waals surface area contributed by atoms with Crippen LogP contribution in [0.4, 0.5) is 5.95 Å². The number of nitrogen functional groups attached to an aromatic ring is 1. The highest BCUT2D eigenvalue weighted by Crippen LogP contribution is 2.14. The minimum Gasteiger partial charge on any atom is -0.369 e. The van der Waals surface area contributed by atoms with Crippen molar-refractivity contribution in [3.05, 3.63) is 23.8 Å². The Bertz CT molecular complexity index is 403. The summed E-state index contributed by atoms with van der Waals surface area (Å²) in [5.41, 5.74) is 8.77. The second-order valence-corrected chi connectivity index (χ2v) is 2.83. The SMILES string of the molecule is C.CCc1ccc2nc(N)[nH]c2c1. The molecular weight excluding hydrogens is 162 g/mol. The van der Waals surface area contributed by atoms with Crippen LogP contribution in [0.1, 0.15) is 19.9 Å². The number of hydrogen-bond donors (Lipinski definition) is 2. The number of nitrogens with two attached hydrogens (primary N) is 1. The predicted octanol–water partition coefficient (Wildman–Crippen LogP) is 2.34. The first-order chi connectivity index (χ1) is 5.79. The van der Waals surface area contributed by atoms with Gasteiger partial charge in [-0.25, -0.2) is 4.98 Å². The van der Waals surface area contributed by atoms with E-state index in [1.54, 1.807) is 0 Å². The molecule has 0 amide bonds. The summed E-state index contributed by atoms with van der Waals surface area (Å²) in [6.07, 6.45) is 1.04. The molecule has 0 radical (unpaired) electrons. The van der Waals surface area contributed by atoms with Crippen molar-refractivity contribution in [1.82, 2.24) is 9.97 Å². The summed E-state index contributed by atoms with van der Waals surface area (Å²) in [5, 5.41) is 0. The van der Waals surface area contributed by atoms with Crippen molar-refractivity contribution in [3.63, 3.8) is 0 Å². The molecule has 0 saturated carbocycles. The summed E-state index contributed by atoms with van der Waals surface area (Å²) in [5.74, 6) is 0.484. The summed E-state index contributed by atoms with van der Waals surface area (Å²) in [6, 6.07) is 6.14. The predicted molar refractivity (Wildman–Crippen MR) is 56.6 cm³/mol. The highest BCUT2D eigenvalue weighted by molar-refractivity contribution is 5.77. The zero-order valence-corrected chi connectivity index (χ0v) is 6.96. The van der Waals surface area contributed by atoms with Gasteiger partial charge in [-0.2, -0.15) is 0 Å². The van der Waals surface area contributed by atoms with Crippen molar-refractivity contribution >= 4 is 17.0 Å². The molecule has 0 bridgehead atoms. The average Bonchev–Trinajstić information content (AvgIpc) is 2.43. The largest absolute Gasteiger partial charge is 0.369 e. The van der Waals surface area contributed by atoms with E-state index in [4.69, 9.17) is 5.73 Å². The molecule has 3 heteroatoms. The molecule has 0 atom stereocenters. The van der Waals surface area contributed by atoms with E-state index in [1.807, 2.05) is 6.07 Å². The fourth-order valence-electron chi connectivity index (χ4n) is 1.30. The number of fused-ring (bicyclic) bond motifs is 1. The van der Waals surface area contributed by atoms with Crippen molar-refractivity contribution in [2.45, 2.75) is 20.8 Å². The van der Waals surface area contributed by atoms with E-state index in [0.717, 1.165) is 17.5 Å². The van der Waals surface area contributed by atoms with Gasteiger partial charge in [0.05, 0.1) is 11.0 Å². The van der Waals surface area contributed by atoms with Gasteiger partial charge in [0.25, 0.3) is 0 Å². The number of aromatic nitrogens is 2. The fraction of sp³-hybridized carbons (Fsp3) is 0.300. The van der Waals surface area contributed by atoms with Crippen LogP contribution in [0.2, 0.25) is 0 Å². The lowest BCUT2D eigenvalue weighted by molar-refractivity contribution is 1.14. The molecule has 0 spiro atoms. The molecule has 1 aromatic heterocycles. The molecule has 0 aliphatic rings. The van der Waals surface area contributed by atoms with Gasteiger partial charge in [0, 0.05) is 0 Å². The van der Waals surface area contributed by atoms with Crippen LogP contribution in [-0.2, 0) is 6.42 Å².